The molecular weight excluding hydrogens is 168 g/mol. The number of ether oxygens (including phenoxy) is 2. The predicted molar refractivity (Wildman–Crippen MR) is 49.3 cm³/mol. The van der Waals surface area contributed by atoms with Gasteiger partial charge in [0.05, 0.1) is 0 Å². The smallest absolute Gasteiger partial charge is 0.190 e. The first-order valence-electron chi connectivity index (χ1n) is 4.38. The quantitative estimate of drug-likeness (QED) is 0.612. The highest BCUT2D eigenvalue weighted by Crippen LogP contribution is 2.30. The Labute approximate surface area is 78.7 Å². The van der Waals surface area contributed by atoms with Crippen LogP contribution < -0.4 is 0 Å². The van der Waals surface area contributed by atoms with Crippen LogP contribution in [0.4, 0.5) is 0 Å². The van der Waals surface area contributed by atoms with E-state index in [2.05, 4.69) is 6.58 Å². The Morgan fingerprint density at radius 1 is 1.54 bits per heavy atom. The lowest BCUT2D eigenvalue weighted by Crippen LogP contribution is -2.53. The summed E-state index contributed by atoms with van der Waals surface area (Å²) < 4.78 is 10.8. The Kier molecular flexibility index (Phi) is 2.59. The maximum atomic E-state index is 11.5. The lowest BCUT2D eigenvalue weighted by atomic mass is 9.95. The Bertz CT molecular complexity index is 232. The monoisotopic (exact) mass is 184 g/mol. The topological polar surface area (TPSA) is 35.5 Å². The molecule has 0 amide bonds. The van der Waals surface area contributed by atoms with E-state index in [-0.39, 0.29) is 12.4 Å². The van der Waals surface area contributed by atoms with Gasteiger partial charge in [-0.1, -0.05) is 6.08 Å². The zero-order valence-corrected chi connectivity index (χ0v) is 8.42. The number of hydrogen-bond donors (Lipinski definition) is 0. The standard InChI is InChI=1S/C10H16O3/c1-5-6-10(4)8(11)7-12-9(2,3)13-10/h5H,1,6-7H2,2-4H3/t10-/m0/s1. The summed E-state index contributed by atoms with van der Waals surface area (Å²) in [6, 6.07) is 0. The molecule has 0 aliphatic carbocycles. The normalized spacial score (nSPS) is 33.0. The van der Waals surface area contributed by atoms with Crippen LogP contribution in [0.5, 0.6) is 0 Å². The third-order valence-corrected chi connectivity index (χ3v) is 2.15. The van der Waals surface area contributed by atoms with Crippen LogP contribution in [-0.4, -0.2) is 23.8 Å². The van der Waals surface area contributed by atoms with Crippen LogP contribution in [0.3, 0.4) is 0 Å². The van der Waals surface area contributed by atoms with Crippen LogP contribution >= 0.6 is 0 Å². The van der Waals surface area contributed by atoms with Gasteiger partial charge >= 0.3 is 0 Å². The highest BCUT2D eigenvalue weighted by Gasteiger charge is 2.43. The summed E-state index contributed by atoms with van der Waals surface area (Å²) in [5.74, 6) is -0.696. The second-order valence-corrected chi connectivity index (χ2v) is 3.94. The predicted octanol–water partition coefficient (Wildman–Crippen LogP) is 1.67. The third kappa shape index (κ3) is 2.17. The second kappa shape index (κ2) is 3.24. The van der Waals surface area contributed by atoms with Crippen LogP contribution in [0.15, 0.2) is 12.7 Å². The van der Waals surface area contributed by atoms with E-state index in [4.69, 9.17) is 9.47 Å². The van der Waals surface area contributed by atoms with Crippen LogP contribution in [-0.2, 0) is 14.3 Å². The number of Topliss-reactive ketones (excluding diaryl/α,β-unsaturated/α-hetero) is 1. The minimum absolute atomic E-state index is 0.0216. The van der Waals surface area contributed by atoms with Crippen LogP contribution in [0.25, 0.3) is 0 Å². The molecule has 0 bridgehead atoms. The molecule has 1 aliphatic rings. The van der Waals surface area contributed by atoms with E-state index < -0.39 is 11.4 Å². The lowest BCUT2D eigenvalue weighted by molar-refractivity contribution is -0.283. The number of rotatable bonds is 2. The Morgan fingerprint density at radius 3 is 2.69 bits per heavy atom. The molecule has 1 aliphatic heterocycles. The number of carbonyl (C=O) groups excluding carboxylic acids is 1. The van der Waals surface area contributed by atoms with E-state index in [1.807, 2.05) is 0 Å². The molecule has 3 nitrogen and oxygen atoms in total. The Hall–Kier alpha value is -0.670. The molecule has 1 rings (SSSR count). The molecule has 0 aromatic heterocycles. The van der Waals surface area contributed by atoms with Crippen molar-refractivity contribution in [1.82, 2.24) is 0 Å². The van der Waals surface area contributed by atoms with Gasteiger partial charge in [-0.2, -0.15) is 0 Å². The molecule has 1 fully saturated rings. The van der Waals surface area contributed by atoms with E-state index in [1.165, 1.54) is 0 Å². The minimum atomic E-state index is -0.760. The van der Waals surface area contributed by atoms with Crippen molar-refractivity contribution in [1.29, 1.82) is 0 Å². The van der Waals surface area contributed by atoms with Gasteiger partial charge in [0.2, 0.25) is 0 Å². The SMILES string of the molecule is C=CC[C@]1(C)OC(C)(C)OCC1=O. The summed E-state index contributed by atoms with van der Waals surface area (Å²) in [7, 11) is 0. The van der Waals surface area contributed by atoms with Gasteiger partial charge in [0.1, 0.15) is 12.2 Å². The Morgan fingerprint density at radius 2 is 2.15 bits per heavy atom. The second-order valence-electron chi connectivity index (χ2n) is 3.94. The first-order valence-corrected chi connectivity index (χ1v) is 4.38. The van der Waals surface area contributed by atoms with E-state index >= 15 is 0 Å². The maximum Gasteiger partial charge on any atom is 0.190 e. The molecule has 0 saturated carbocycles. The van der Waals surface area contributed by atoms with Crippen molar-refractivity contribution in [3.8, 4) is 0 Å². The fraction of sp³-hybridized carbons (Fsp3) is 0.700. The van der Waals surface area contributed by atoms with Gasteiger partial charge in [0, 0.05) is 6.42 Å². The zero-order chi connectivity index (χ0) is 10.1. The summed E-state index contributed by atoms with van der Waals surface area (Å²) in [4.78, 5) is 11.5. The van der Waals surface area contributed by atoms with Gasteiger partial charge < -0.3 is 9.47 Å². The van der Waals surface area contributed by atoms with E-state index in [0.717, 1.165) is 0 Å². The van der Waals surface area contributed by atoms with Gasteiger partial charge in [-0.3, -0.25) is 4.79 Å². The van der Waals surface area contributed by atoms with Gasteiger partial charge in [0.15, 0.2) is 11.6 Å². The van der Waals surface area contributed by atoms with Crippen LogP contribution in [0.1, 0.15) is 27.2 Å². The fourth-order valence-electron chi connectivity index (χ4n) is 1.45. The molecule has 0 N–H and O–H groups in total. The van der Waals surface area contributed by atoms with Crippen molar-refractivity contribution in [3.63, 3.8) is 0 Å². The maximum absolute atomic E-state index is 11.5. The van der Waals surface area contributed by atoms with Gasteiger partial charge in [-0.05, 0) is 20.8 Å². The van der Waals surface area contributed by atoms with Crippen molar-refractivity contribution < 1.29 is 14.3 Å². The van der Waals surface area contributed by atoms with Crippen LogP contribution in [0.2, 0.25) is 0 Å². The molecule has 13 heavy (non-hydrogen) atoms. The number of ketones is 1. The fourth-order valence-corrected chi connectivity index (χ4v) is 1.45. The van der Waals surface area contributed by atoms with Gasteiger partial charge in [-0.15, -0.1) is 6.58 Å². The first kappa shape index (κ1) is 10.4. The molecule has 1 heterocycles. The lowest BCUT2D eigenvalue weighted by Gasteiger charge is -2.41. The summed E-state index contributed by atoms with van der Waals surface area (Å²) in [6.07, 6.45) is 2.22. The summed E-state index contributed by atoms with van der Waals surface area (Å²) in [6.45, 7) is 9.12. The number of hydrogen-bond acceptors (Lipinski definition) is 3. The Balaban J connectivity index is 2.81. The molecule has 1 saturated heterocycles. The van der Waals surface area contributed by atoms with Crippen molar-refractivity contribution in [2.45, 2.75) is 38.6 Å². The minimum Gasteiger partial charge on any atom is -0.343 e. The van der Waals surface area contributed by atoms with Gasteiger partial charge in [0.25, 0.3) is 0 Å². The molecule has 0 spiro atoms. The average molecular weight is 184 g/mol. The molecule has 0 unspecified atom stereocenters. The van der Waals surface area contributed by atoms with Crippen molar-refractivity contribution in [3.05, 3.63) is 12.7 Å². The van der Waals surface area contributed by atoms with Crippen molar-refractivity contribution in [2.75, 3.05) is 6.61 Å². The van der Waals surface area contributed by atoms with Gasteiger partial charge in [-0.25, -0.2) is 0 Å². The summed E-state index contributed by atoms with van der Waals surface area (Å²) in [5.41, 5.74) is -0.760. The molecule has 74 valence electrons. The zero-order valence-electron chi connectivity index (χ0n) is 8.42. The average Bonchev–Trinajstić information content (AvgIpc) is 1.97. The third-order valence-electron chi connectivity index (χ3n) is 2.15. The molecule has 3 heteroatoms. The first-order chi connectivity index (χ1) is 5.90. The molecule has 0 aromatic rings. The number of carbonyl (C=O) groups is 1. The van der Waals surface area contributed by atoms with Crippen molar-refractivity contribution in [2.24, 2.45) is 0 Å². The van der Waals surface area contributed by atoms with E-state index in [9.17, 15) is 4.79 Å². The van der Waals surface area contributed by atoms with E-state index in [0.29, 0.717) is 6.42 Å². The molecule has 0 aromatic carbocycles. The molecular formula is C10H16O3. The van der Waals surface area contributed by atoms with E-state index in [1.54, 1.807) is 26.8 Å². The van der Waals surface area contributed by atoms with Crippen LogP contribution in [0, 0.1) is 0 Å². The van der Waals surface area contributed by atoms with Crippen molar-refractivity contribution >= 4 is 5.78 Å². The largest absolute Gasteiger partial charge is 0.343 e. The highest BCUT2D eigenvalue weighted by molar-refractivity contribution is 5.88. The molecule has 1 atom stereocenters. The highest BCUT2D eigenvalue weighted by atomic mass is 16.7. The summed E-state index contributed by atoms with van der Waals surface area (Å²) >= 11 is 0. The molecule has 0 radical (unpaired) electrons. The summed E-state index contributed by atoms with van der Waals surface area (Å²) in [5, 5.41) is 0.